The van der Waals surface area contributed by atoms with Gasteiger partial charge in [-0.15, -0.1) is 0 Å². The van der Waals surface area contributed by atoms with Gasteiger partial charge in [0.2, 0.25) is 0 Å². The Hall–Kier alpha value is -2.38. The quantitative estimate of drug-likeness (QED) is 0.333. The van der Waals surface area contributed by atoms with Crippen LogP contribution in [0.15, 0.2) is 23.5 Å². The highest BCUT2D eigenvalue weighted by atomic mass is 16.6. The molecule has 14 heavy (non-hydrogen) atoms. The zero-order valence-corrected chi connectivity index (χ0v) is 6.50. The van der Waals surface area contributed by atoms with Crippen LogP contribution in [0.3, 0.4) is 0 Å². The molecule has 0 saturated carbocycles. The Bertz CT molecular complexity index is 382. The van der Waals surface area contributed by atoms with Crippen LogP contribution in [0, 0.1) is 20.2 Å². The van der Waals surface area contributed by atoms with Crippen molar-refractivity contribution in [3.8, 4) is 0 Å². The lowest BCUT2D eigenvalue weighted by Gasteiger charge is -1.99. The van der Waals surface area contributed by atoms with Gasteiger partial charge in [-0.25, -0.2) is 0 Å². The average Bonchev–Trinajstić information content (AvgIpc) is 2.07. The summed E-state index contributed by atoms with van der Waals surface area (Å²) in [5.41, 5.74) is -2.16. The summed E-state index contributed by atoms with van der Waals surface area (Å²) in [4.78, 5) is 39.8. The van der Waals surface area contributed by atoms with Gasteiger partial charge in [0.15, 0.2) is 5.78 Å². The van der Waals surface area contributed by atoms with Crippen molar-refractivity contribution < 1.29 is 19.4 Å². The van der Waals surface area contributed by atoms with E-state index in [1.807, 2.05) is 0 Å². The highest BCUT2D eigenvalue weighted by molar-refractivity contribution is 6.17. The molecule has 0 aliphatic heterocycles. The Labute approximate surface area is 75.8 Å². The summed E-state index contributed by atoms with van der Waals surface area (Å²) in [6, 6.07) is 0. The Morgan fingerprint density at radius 3 is 1.57 bits per heavy atom. The SMILES string of the molecule is O=C1C=C([N+](=O)[O-])C(=O)C([N+](=O)[O-])=C1. The summed E-state index contributed by atoms with van der Waals surface area (Å²) in [6.07, 6.45) is 0.907. The van der Waals surface area contributed by atoms with Crippen molar-refractivity contribution in [2.45, 2.75) is 0 Å². The summed E-state index contributed by atoms with van der Waals surface area (Å²) in [7, 11) is 0. The second-order valence-corrected chi connectivity index (χ2v) is 2.30. The molecule has 0 N–H and O–H groups in total. The van der Waals surface area contributed by atoms with Gasteiger partial charge in [0, 0.05) is 0 Å². The van der Waals surface area contributed by atoms with E-state index in [0.29, 0.717) is 12.2 Å². The zero-order chi connectivity index (χ0) is 10.9. The Balaban J connectivity index is 3.20. The third-order valence-electron chi connectivity index (χ3n) is 1.42. The Morgan fingerprint density at radius 2 is 1.29 bits per heavy atom. The van der Waals surface area contributed by atoms with Crippen LogP contribution in [0.5, 0.6) is 0 Å². The molecule has 0 heterocycles. The maximum absolute atomic E-state index is 11.0. The molecular weight excluding hydrogens is 196 g/mol. The number of hydrogen-bond donors (Lipinski definition) is 0. The van der Waals surface area contributed by atoms with Crippen molar-refractivity contribution in [2.75, 3.05) is 0 Å². The normalized spacial score (nSPS) is 16.0. The number of hydrogen-bond acceptors (Lipinski definition) is 6. The maximum Gasteiger partial charge on any atom is 0.332 e. The number of rotatable bonds is 2. The largest absolute Gasteiger partial charge is 0.332 e. The van der Waals surface area contributed by atoms with Crippen molar-refractivity contribution in [1.82, 2.24) is 0 Å². The fourth-order valence-corrected chi connectivity index (χ4v) is 0.845. The Kier molecular flexibility index (Phi) is 2.19. The van der Waals surface area contributed by atoms with Gasteiger partial charge in [-0.2, -0.15) is 0 Å². The number of Topliss-reactive ketones (excluding diaryl/α,β-unsaturated/α-hetero) is 1. The van der Waals surface area contributed by atoms with E-state index in [9.17, 15) is 29.8 Å². The summed E-state index contributed by atoms with van der Waals surface area (Å²) >= 11 is 0. The molecule has 0 fully saturated rings. The summed E-state index contributed by atoms with van der Waals surface area (Å²) in [5, 5.41) is 20.4. The molecule has 0 amide bonds. The highest BCUT2D eigenvalue weighted by Crippen LogP contribution is 2.13. The molecule has 0 aromatic heterocycles. The molecule has 0 spiro atoms. The van der Waals surface area contributed by atoms with E-state index < -0.39 is 32.8 Å². The topological polar surface area (TPSA) is 120 Å². The molecule has 0 bridgehead atoms. The van der Waals surface area contributed by atoms with E-state index in [0.717, 1.165) is 0 Å². The van der Waals surface area contributed by atoms with Gasteiger partial charge in [0.05, 0.1) is 22.0 Å². The van der Waals surface area contributed by atoms with Gasteiger partial charge in [-0.05, 0) is 0 Å². The fourth-order valence-electron chi connectivity index (χ4n) is 0.845. The highest BCUT2D eigenvalue weighted by Gasteiger charge is 2.38. The molecule has 0 aromatic carbocycles. The van der Waals surface area contributed by atoms with Gasteiger partial charge < -0.3 is 0 Å². The molecular formula is C6H2N2O6. The number of allylic oxidation sites excluding steroid dienone is 2. The Morgan fingerprint density at radius 1 is 0.929 bits per heavy atom. The molecule has 1 aliphatic carbocycles. The molecule has 0 unspecified atom stereocenters. The molecule has 0 saturated heterocycles. The van der Waals surface area contributed by atoms with E-state index in [1.54, 1.807) is 0 Å². The molecule has 8 nitrogen and oxygen atoms in total. The van der Waals surface area contributed by atoms with Crippen molar-refractivity contribution in [3.63, 3.8) is 0 Å². The molecule has 1 aliphatic rings. The van der Waals surface area contributed by atoms with Gasteiger partial charge >= 0.3 is 17.2 Å². The first-order chi connectivity index (χ1) is 6.43. The number of carbonyl (C=O) groups is 2. The maximum atomic E-state index is 11.0. The van der Waals surface area contributed by atoms with Crippen LogP contribution >= 0.6 is 0 Å². The molecule has 8 heteroatoms. The third kappa shape index (κ3) is 1.53. The van der Waals surface area contributed by atoms with Crippen LogP contribution in [-0.2, 0) is 9.59 Å². The molecule has 0 atom stereocenters. The first kappa shape index (κ1) is 9.71. The lowest BCUT2D eigenvalue weighted by molar-refractivity contribution is -0.433. The van der Waals surface area contributed by atoms with E-state index in [-0.39, 0.29) is 0 Å². The van der Waals surface area contributed by atoms with Crippen molar-refractivity contribution >= 4 is 11.6 Å². The molecule has 72 valence electrons. The first-order valence-corrected chi connectivity index (χ1v) is 3.24. The number of ketones is 2. The van der Waals surface area contributed by atoms with E-state index in [2.05, 4.69) is 0 Å². The van der Waals surface area contributed by atoms with Gasteiger partial charge in [0.25, 0.3) is 0 Å². The summed E-state index contributed by atoms with van der Waals surface area (Å²) in [6.45, 7) is 0. The predicted molar refractivity (Wildman–Crippen MR) is 40.2 cm³/mol. The monoisotopic (exact) mass is 198 g/mol. The minimum atomic E-state index is -1.36. The van der Waals surface area contributed by atoms with Crippen LogP contribution < -0.4 is 0 Å². The fraction of sp³-hybridized carbons (Fsp3) is 0. The summed E-state index contributed by atoms with van der Waals surface area (Å²) in [5.74, 6) is -2.30. The van der Waals surface area contributed by atoms with Crippen LogP contribution in [-0.4, -0.2) is 21.4 Å². The minimum absolute atomic E-state index is 0.454. The van der Waals surface area contributed by atoms with E-state index in [1.165, 1.54) is 0 Å². The number of nitrogens with zero attached hydrogens (tertiary/aromatic N) is 2. The smallest absolute Gasteiger partial charge is 0.289 e. The third-order valence-corrected chi connectivity index (χ3v) is 1.42. The second kappa shape index (κ2) is 3.17. The van der Waals surface area contributed by atoms with Crippen molar-refractivity contribution in [3.05, 3.63) is 43.8 Å². The number of nitro groups is 2. The molecule has 0 aromatic rings. The van der Waals surface area contributed by atoms with Crippen LogP contribution in [0.4, 0.5) is 0 Å². The molecule has 1 rings (SSSR count). The van der Waals surface area contributed by atoms with Crippen molar-refractivity contribution in [2.24, 2.45) is 0 Å². The molecule has 0 radical (unpaired) electrons. The summed E-state index contributed by atoms with van der Waals surface area (Å²) < 4.78 is 0. The van der Waals surface area contributed by atoms with Gasteiger partial charge in [-0.3, -0.25) is 29.8 Å². The van der Waals surface area contributed by atoms with Crippen LogP contribution in [0.1, 0.15) is 0 Å². The van der Waals surface area contributed by atoms with Crippen molar-refractivity contribution in [1.29, 1.82) is 0 Å². The predicted octanol–water partition coefficient (Wildman–Crippen LogP) is -0.541. The standard InChI is InChI=1S/C6H2N2O6/c9-3-1-4(7(11)12)6(10)5(2-3)8(13)14/h1-2H. The van der Waals surface area contributed by atoms with E-state index >= 15 is 0 Å². The lowest BCUT2D eigenvalue weighted by Crippen LogP contribution is -2.23. The zero-order valence-electron chi connectivity index (χ0n) is 6.50. The van der Waals surface area contributed by atoms with Gasteiger partial charge in [-0.1, -0.05) is 0 Å². The first-order valence-electron chi connectivity index (χ1n) is 3.24. The van der Waals surface area contributed by atoms with Gasteiger partial charge in [0.1, 0.15) is 0 Å². The minimum Gasteiger partial charge on any atom is -0.289 e. The lowest BCUT2D eigenvalue weighted by atomic mass is 10.1. The average molecular weight is 198 g/mol. The van der Waals surface area contributed by atoms with Crippen LogP contribution in [0.2, 0.25) is 0 Å². The van der Waals surface area contributed by atoms with E-state index in [4.69, 9.17) is 0 Å². The second-order valence-electron chi connectivity index (χ2n) is 2.30. The number of carbonyl (C=O) groups excluding carboxylic acids is 2. The van der Waals surface area contributed by atoms with Crippen LogP contribution in [0.25, 0.3) is 0 Å².